The van der Waals surface area contributed by atoms with Gasteiger partial charge in [-0.2, -0.15) is 11.8 Å². The SMILES string of the molecule is CC1Cc2ccccc2N(C(CN)C2CCSC2)C1. The van der Waals surface area contributed by atoms with Crippen molar-refractivity contribution < 1.29 is 0 Å². The van der Waals surface area contributed by atoms with E-state index in [-0.39, 0.29) is 0 Å². The van der Waals surface area contributed by atoms with Crippen LogP contribution in [0.5, 0.6) is 0 Å². The molecule has 0 amide bonds. The van der Waals surface area contributed by atoms with Crippen LogP contribution in [0.15, 0.2) is 24.3 Å². The molecule has 1 aromatic rings. The number of nitrogens with zero attached hydrogens (tertiary/aromatic N) is 1. The van der Waals surface area contributed by atoms with Crippen LogP contribution in [0.3, 0.4) is 0 Å². The highest BCUT2D eigenvalue weighted by atomic mass is 32.2. The number of thioether (sulfide) groups is 1. The summed E-state index contributed by atoms with van der Waals surface area (Å²) in [6.45, 7) is 4.31. The maximum absolute atomic E-state index is 6.14. The molecule has 19 heavy (non-hydrogen) atoms. The lowest BCUT2D eigenvalue weighted by atomic mass is 9.89. The smallest absolute Gasteiger partial charge is 0.0448 e. The van der Waals surface area contributed by atoms with Gasteiger partial charge in [-0.05, 0) is 47.8 Å². The van der Waals surface area contributed by atoms with Gasteiger partial charge in [0.1, 0.15) is 0 Å². The minimum absolute atomic E-state index is 0.527. The van der Waals surface area contributed by atoms with Gasteiger partial charge in [-0.3, -0.25) is 0 Å². The zero-order chi connectivity index (χ0) is 13.2. The van der Waals surface area contributed by atoms with E-state index in [1.165, 1.54) is 42.1 Å². The van der Waals surface area contributed by atoms with Crippen LogP contribution in [0.4, 0.5) is 5.69 Å². The van der Waals surface area contributed by atoms with Crippen molar-refractivity contribution in [1.82, 2.24) is 0 Å². The van der Waals surface area contributed by atoms with Gasteiger partial charge < -0.3 is 10.6 Å². The lowest BCUT2D eigenvalue weighted by Gasteiger charge is -2.42. The third kappa shape index (κ3) is 2.63. The second kappa shape index (κ2) is 5.76. The van der Waals surface area contributed by atoms with Gasteiger partial charge in [-0.15, -0.1) is 0 Å². The summed E-state index contributed by atoms with van der Waals surface area (Å²) in [6.07, 6.45) is 2.54. The number of hydrogen-bond acceptors (Lipinski definition) is 3. The fraction of sp³-hybridized carbons (Fsp3) is 0.625. The molecule has 0 radical (unpaired) electrons. The van der Waals surface area contributed by atoms with Crippen LogP contribution in [-0.4, -0.2) is 30.6 Å². The summed E-state index contributed by atoms with van der Waals surface area (Å²) in [5.41, 5.74) is 9.08. The van der Waals surface area contributed by atoms with E-state index in [0.29, 0.717) is 6.04 Å². The molecule has 0 aromatic heterocycles. The first-order chi connectivity index (χ1) is 9.29. The van der Waals surface area contributed by atoms with Gasteiger partial charge >= 0.3 is 0 Å². The third-order valence-corrected chi connectivity index (χ3v) is 5.72. The minimum Gasteiger partial charge on any atom is -0.366 e. The van der Waals surface area contributed by atoms with E-state index in [2.05, 4.69) is 47.9 Å². The first-order valence-corrected chi connectivity index (χ1v) is 8.57. The summed E-state index contributed by atoms with van der Waals surface area (Å²) in [7, 11) is 0. The average Bonchev–Trinajstić information content (AvgIpc) is 2.93. The van der Waals surface area contributed by atoms with Gasteiger partial charge in [0.25, 0.3) is 0 Å². The molecule has 104 valence electrons. The van der Waals surface area contributed by atoms with E-state index < -0.39 is 0 Å². The summed E-state index contributed by atoms with van der Waals surface area (Å²) < 4.78 is 0. The third-order valence-electron chi connectivity index (χ3n) is 4.53. The van der Waals surface area contributed by atoms with Gasteiger partial charge in [-0.1, -0.05) is 25.1 Å². The standard InChI is InChI=1S/C16H24N2S/c1-12-8-13-4-2-3-5-15(13)18(10-12)16(9-17)14-6-7-19-11-14/h2-5,12,14,16H,6-11,17H2,1H3. The highest BCUT2D eigenvalue weighted by Gasteiger charge is 2.33. The van der Waals surface area contributed by atoms with Crippen molar-refractivity contribution in [2.24, 2.45) is 17.6 Å². The lowest BCUT2D eigenvalue weighted by molar-refractivity contribution is 0.400. The number of rotatable bonds is 3. The molecule has 0 aliphatic carbocycles. The Balaban J connectivity index is 1.90. The average molecular weight is 276 g/mol. The number of fused-ring (bicyclic) bond motifs is 1. The fourth-order valence-electron chi connectivity index (χ4n) is 3.58. The molecule has 3 atom stereocenters. The molecule has 1 fully saturated rings. The predicted molar refractivity (Wildman–Crippen MR) is 84.9 cm³/mol. The second-order valence-electron chi connectivity index (χ2n) is 6.02. The zero-order valence-corrected chi connectivity index (χ0v) is 12.5. The molecule has 2 N–H and O–H groups in total. The number of benzene rings is 1. The summed E-state index contributed by atoms with van der Waals surface area (Å²) >= 11 is 2.09. The number of nitrogens with two attached hydrogens (primary N) is 1. The summed E-state index contributed by atoms with van der Waals surface area (Å²) in [6, 6.07) is 9.43. The molecule has 3 unspecified atom stereocenters. The van der Waals surface area contributed by atoms with Gasteiger partial charge in [0.15, 0.2) is 0 Å². The molecule has 1 aromatic carbocycles. The molecule has 3 rings (SSSR count). The Hall–Kier alpha value is -0.670. The molecular weight excluding hydrogens is 252 g/mol. The Morgan fingerprint density at radius 3 is 3.00 bits per heavy atom. The molecule has 2 aliphatic heterocycles. The van der Waals surface area contributed by atoms with Gasteiger partial charge in [-0.25, -0.2) is 0 Å². The van der Waals surface area contributed by atoms with E-state index in [1.807, 2.05) is 0 Å². The van der Waals surface area contributed by atoms with E-state index in [1.54, 1.807) is 0 Å². The molecule has 2 aliphatic rings. The maximum Gasteiger partial charge on any atom is 0.0448 e. The molecule has 1 saturated heterocycles. The number of anilines is 1. The molecule has 3 heteroatoms. The fourth-order valence-corrected chi connectivity index (χ4v) is 4.91. The van der Waals surface area contributed by atoms with Crippen molar-refractivity contribution in [3.63, 3.8) is 0 Å². The first kappa shape index (κ1) is 13.3. The Morgan fingerprint density at radius 2 is 2.26 bits per heavy atom. The second-order valence-corrected chi connectivity index (χ2v) is 7.17. The van der Waals surface area contributed by atoms with Crippen LogP contribution in [-0.2, 0) is 6.42 Å². The normalized spacial score (nSPS) is 28.2. The molecule has 2 heterocycles. The minimum atomic E-state index is 0.527. The van der Waals surface area contributed by atoms with Crippen molar-refractivity contribution in [1.29, 1.82) is 0 Å². The molecule has 2 nitrogen and oxygen atoms in total. The highest BCUT2D eigenvalue weighted by Crippen LogP contribution is 2.36. The van der Waals surface area contributed by atoms with Crippen molar-refractivity contribution >= 4 is 17.4 Å². The number of para-hydroxylation sites is 1. The van der Waals surface area contributed by atoms with Crippen molar-refractivity contribution in [2.45, 2.75) is 25.8 Å². The summed E-state index contributed by atoms with van der Waals surface area (Å²) in [5.74, 6) is 4.10. The van der Waals surface area contributed by atoms with Crippen LogP contribution in [0, 0.1) is 11.8 Å². The van der Waals surface area contributed by atoms with E-state index >= 15 is 0 Å². The van der Waals surface area contributed by atoms with Crippen LogP contribution in [0.1, 0.15) is 18.9 Å². The summed E-state index contributed by atoms with van der Waals surface area (Å²) in [5, 5.41) is 0. The molecule has 0 bridgehead atoms. The monoisotopic (exact) mass is 276 g/mol. The highest BCUT2D eigenvalue weighted by molar-refractivity contribution is 7.99. The topological polar surface area (TPSA) is 29.3 Å². The van der Waals surface area contributed by atoms with Crippen molar-refractivity contribution in [3.8, 4) is 0 Å². The molecular formula is C16H24N2S. The van der Waals surface area contributed by atoms with E-state index in [4.69, 9.17) is 5.73 Å². The van der Waals surface area contributed by atoms with Crippen LogP contribution >= 0.6 is 11.8 Å². The van der Waals surface area contributed by atoms with Crippen LogP contribution < -0.4 is 10.6 Å². The first-order valence-electron chi connectivity index (χ1n) is 7.42. The van der Waals surface area contributed by atoms with Crippen LogP contribution in [0.25, 0.3) is 0 Å². The van der Waals surface area contributed by atoms with Gasteiger partial charge in [0.2, 0.25) is 0 Å². The Kier molecular flexibility index (Phi) is 4.04. The Labute approximate surface area is 120 Å². The van der Waals surface area contributed by atoms with Gasteiger partial charge in [0, 0.05) is 24.8 Å². The molecule has 0 spiro atoms. The van der Waals surface area contributed by atoms with Crippen LogP contribution in [0.2, 0.25) is 0 Å². The lowest BCUT2D eigenvalue weighted by Crippen LogP contribution is -2.49. The Bertz CT molecular complexity index is 429. The van der Waals surface area contributed by atoms with Gasteiger partial charge in [0.05, 0.1) is 0 Å². The maximum atomic E-state index is 6.14. The van der Waals surface area contributed by atoms with Crippen molar-refractivity contribution in [2.75, 3.05) is 29.5 Å². The van der Waals surface area contributed by atoms with E-state index in [0.717, 1.165) is 18.4 Å². The quantitative estimate of drug-likeness (QED) is 0.920. The van der Waals surface area contributed by atoms with Crippen molar-refractivity contribution in [3.05, 3.63) is 29.8 Å². The predicted octanol–water partition coefficient (Wildman–Crippen LogP) is 2.77. The largest absolute Gasteiger partial charge is 0.366 e. The molecule has 0 saturated carbocycles. The summed E-state index contributed by atoms with van der Waals surface area (Å²) in [4.78, 5) is 2.61. The number of hydrogen-bond donors (Lipinski definition) is 1. The van der Waals surface area contributed by atoms with E-state index in [9.17, 15) is 0 Å². The zero-order valence-electron chi connectivity index (χ0n) is 11.7. The Morgan fingerprint density at radius 1 is 1.42 bits per heavy atom.